The van der Waals surface area contributed by atoms with E-state index in [1.165, 1.54) is 6.08 Å². The molecule has 11 nitrogen and oxygen atoms in total. The van der Waals surface area contributed by atoms with Crippen LogP contribution >= 0.6 is 0 Å². The zero-order valence-electron chi connectivity index (χ0n) is 26.6. The van der Waals surface area contributed by atoms with Gasteiger partial charge in [0.25, 0.3) is 0 Å². The fourth-order valence-corrected chi connectivity index (χ4v) is 6.20. The normalized spacial score (nSPS) is 17.6. The Balaban J connectivity index is 1.22. The largest absolute Gasteiger partial charge is 0.495 e. The van der Waals surface area contributed by atoms with Gasteiger partial charge in [-0.1, -0.05) is 18.7 Å². The van der Waals surface area contributed by atoms with Crippen molar-refractivity contribution in [3.8, 4) is 17.4 Å². The topological polar surface area (TPSA) is 102 Å². The van der Waals surface area contributed by atoms with E-state index in [2.05, 4.69) is 33.8 Å². The van der Waals surface area contributed by atoms with Crippen molar-refractivity contribution in [2.24, 2.45) is 0 Å². The molecule has 3 aromatic rings. The average molecular weight is 627 g/mol. The summed E-state index contributed by atoms with van der Waals surface area (Å²) in [6, 6.07) is 14.0. The lowest BCUT2D eigenvalue weighted by molar-refractivity contribution is -0.111. The van der Waals surface area contributed by atoms with Gasteiger partial charge in [-0.25, -0.2) is 4.98 Å². The molecule has 1 amide bonds. The first-order chi connectivity index (χ1) is 22.5. The molecule has 0 unspecified atom stereocenters. The number of piperidine rings is 1. The van der Waals surface area contributed by atoms with Crippen LogP contribution in [0.25, 0.3) is 5.57 Å². The molecule has 6 rings (SSSR count). The van der Waals surface area contributed by atoms with E-state index < -0.39 is 0 Å². The van der Waals surface area contributed by atoms with Gasteiger partial charge in [-0.2, -0.15) is 4.98 Å². The quantitative estimate of drug-likeness (QED) is 0.300. The maximum atomic E-state index is 11.9. The molecule has 11 heteroatoms. The average Bonchev–Trinajstić information content (AvgIpc) is 3.12. The van der Waals surface area contributed by atoms with E-state index in [9.17, 15) is 4.79 Å². The highest BCUT2D eigenvalue weighted by Crippen LogP contribution is 2.38. The molecule has 2 aromatic carbocycles. The minimum Gasteiger partial charge on any atom is -0.495 e. The van der Waals surface area contributed by atoms with Gasteiger partial charge in [0.05, 0.1) is 44.8 Å². The van der Waals surface area contributed by atoms with E-state index in [0.29, 0.717) is 42.5 Å². The van der Waals surface area contributed by atoms with Crippen LogP contribution < -0.4 is 24.6 Å². The van der Waals surface area contributed by atoms with Crippen LogP contribution in [-0.4, -0.2) is 93.6 Å². The summed E-state index contributed by atoms with van der Waals surface area (Å²) in [7, 11) is 3.65. The van der Waals surface area contributed by atoms with Gasteiger partial charge in [0.2, 0.25) is 17.7 Å². The van der Waals surface area contributed by atoms with E-state index >= 15 is 0 Å². The summed E-state index contributed by atoms with van der Waals surface area (Å²) < 4.78 is 23.3. The maximum absolute atomic E-state index is 11.9. The van der Waals surface area contributed by atoms with Crippen molar-refractivity contribution < 1.29 is 23.7 Å². The first-order valence-corrected chi connectivity index (χ1v) is 15.9. The van der Waals surface area contributed by atoms with E-state index in [0.717, 1.165) is 86.9 Å². The number of carbonyl (C=O) groups excluding carboxylic acids is 1. The van der Waals surface area contributed by atoms with Gasteiger partial charge >= 0.3 is 0 Å². The number of hydrogen-bond donors (Lipinski definition) is 1. The molecule has 2 fully saturated rings. The molecule has 1 aromatic heterocycles. The minimum absolute atomic E-state index is 0.296. The monoisotopic (exact) mass is 626 g/mol. The highest BCUT2D eigenvalue weighted by atomic mass is 16.5. The number of ether oxygens (including phenoxy) is 4. The molecular formula is C35H42N6O5. The van der Waals surface area contributed by atoms with Crippen LogP contribution in [0, 0.1) is 0 Å². The summed E-state index contributed by atoms with van der Waals surface area (Å²) in [5.74, 6) is 1.95. The summed E-state index contributed by atoms with van der Waals surface area (Å²) in [5, 5.41) is 2.78. The molecule has 0 saturated carbocycles. The number of benzene rings is 2. The predicted octanol–water partition coefficient (Wildman–Crippen LogP) is 5.27. The van der Waals surface area contributed by atoms with Gasteiger partial charge in [-0.15, -0.1) is 0 Å². The number of rotatable bonds is 10. The fourth-order valence-electron chi connectivity index (χ4n) is 6.20. The maximum Gasteiger partial charge on any atom is 0.247 e. The number of nitrogens with one attached hydrogen (secondary N) is 1. The van der Waals surface area contributed by atoms with Gasteiger partial charge in [-0.05, 0) is 55.2 Å². The number of hydrogen-bond acceptors (Lipinski definition) is 10. The van der Waals surface area contributed by atoms with Gasteiger partial charge < -0.3 is 34.1 Å². The van der Waals surface area contributed by atoms with E-state index in [-0.39, 0.29) is 5.91 Å². The zero-order chi connectivity index (χ0) is 31.9. The van der Waals surface area contributed by atoms with Crippen molar-refractivity contribution in [2.45, 2.75) is 25.3 Å². The molecule has 0 bridgehead atoms. The Hall–Kier alpha value is -4.45. The second-order valence-corrected chi connectivity index (χ2v) is 11.5. The van der Waals surface area contributed by atoms with Crippen LogP contribution in [0.1, 0.15) is 24.8 Å². The Morgan fingerprint density at radius 2 is 1.91 bits per heavy atom. The summed E-state index contributed by atoms with van der Waals surface area (Å²) in [6.45, 7) is 10.3. The Bertz CT molecular complexity index is 1560. The van der Waals surface area contributed by atoms with Gasteiger partial charge in [-0.3, -0.25) is 9.69 Å². The molecule has 0 aliphatic carbocycles. The van der Waals surface area contributed by atoms with E-state index in [1.54, 1.807) is 25.4 Å². The van der Waals surface area contributed by atoms with E-state index in [1.807, 2.05) is 36.2 Å². The Morgan fingerprint density at radius 1 is 1.09 bits per heavy atom. The number of morpholine rings is 1. The number of aromatic nitrogens is 2. The fraction of sp³-hybridized carbons (Fsp3) is 0.400. The minimum atomic E-state index is -0.296. The lowest BCUT2D eigenvalue weighted by atomic mass is 10.0. The molecule has 4 heterocycles. The van der Waals surface area contributed by atoms with E-state index in [4.69, 9.17) is 28.9 Å². The molecule has 2 saturated heterocycles. The number of amides is 1. The summed E-state index contributed by atoms with van der Waals surface area (Å²) in [5.41, 5.74) is 4.44. The molecule has 0 radical (unpaired) electrons. The number of methoxy groups -OCH3 is 1. The third kappa shape index (κ3) is 7.33. The number of carbonyl (C=O) groups is 1. The van der Waals surface area contributed by atoms with Crippen molar-refractivity contribution in [1.29, 1.82) is 0 Å². The predicted molar refractivity (Wildman–Crippen MR) is 179 cm³/mol. The standard InChI is InChI=1S/C35H42N6O5/c1-4-33(42)37-26-6-5-7-29(22-26)46-34-30(25-12-18-44-19-13-25)24-36-35(38-34)39(2)28-8-9-31(32(23-28)43-3)41-14-10-27(11-15-41)40-16-20-45-21-17-40/h4-9,12,22-24,27H,1,10-11,13-21H2,2-3H3,(H,37,42). The van der Waals surface area contributed by atoms with Crippen molar-refractivity contribution in [3.63, 3.8) is 0 Å². The van der Waals surface area contributed by atoms with Crippen molar-refractivity contribution >= 4 is 34.5 Å². The first kappa shape index (κ1) is 31.5. The molecule has 3 aliphatic heterocycles. The lowest BCUT2D eigenvalue weighted by Gasteiger charge is -2.41. The van der Waals surface area contributed by atoms with Crippen LogP contribution in [0.15, 0.2) is 67.4 Å². The van der Waals surface area contributed by atoms with Crippen molar-refractivity contribution in [1.82, 2.24) is 14.9 Å². The van der Waals surface area contributed by atoms with Crippen molar-refractivity contribution in [2.75, 3.05) is 81.9 Å². The van der Waals surface area contributed by atoms with Gasteiger partial charge in [0.1, 0.15) is 11.5 Å². The molecule has 0 spiro atoms. The summed E-state index contributed by atoms with van der Waals surface area (Å²) in [4.78, 5) is 28.4. The Labute approximate surface area is 270 Å². The Kier molecular flexibility index (Phi) is 10.1. The number of anilines is 4. The zero-order valence-corrected chi connectivity index (χ0v) is 26.6. The highest BCUT2D eigenvalue weighted by molar-refractivity contribution is 5.99. The third-order valence-electron chi connectivity index (χ3n) is 8.77. The smallest absolute Gasteiger partial charge is 0.247 e. The van der Waals surface area contributed by atoms with Crippen LogP contribution in [0.2, 0.25) is 0 Å². The van der Waals surface area contributed by atoms with Crippen LogP contribution in [0.5, 0.6) is 17.4 Å². The van der Waals surface area contributed by atoms with Crippen LogP contribution in [0.3, 0.4) is 0 Å². The SMILES string of the molecule is C=CC(=O)Nc1cccc(Oc2nc(N(C)c3ccc(N4CCC(N5CCOCC5)CC4)c(OC)c3)ncc2C2=CCOCC2)c1. The second kappa shape index (κ2) is 14.8. The number of nitrogens with zero attached hydrogens (tertiary/aromatic N) is 5. The first-order valence-electron chi connectivity index (χ1n) is 15.9. The van der Waals surface area contributed by atoms with Gasteiger partial charge in [0, 0.05) is 69.0 Å². The molecule has 1 N–H and O–H groups in total. The highest BCUT2D eigenvalue weighted by Gasteiger charge is 2.27. The molecule has 46 heavy (non-hydrogen) atoms. The van der Waals surface area contributed by atoms with Crippen LogP contribution in [-0.2, 0) is 14.3 Å². The van der Waals surface area contributed by atoms with Crippen LogP contribution in [0.4, 0.5) is 23.0 Å². The third-order valence-corrected chi connectivity index (χ3v) is 8.77. The molecule has 0 atom stereocenters. The van der Waals surface area contributed by atoms with Gasteiger partial charge in [0.15, 0.2) is 0 Å². The lowest BCUT2D eigenvalue weighted by Crippen LogP contribution is -2.49. The summed E-state index contributed by atoms with van der Waals surface area (Å²) in [6.07, 6.45) is 8.05. The molecular weight excluding hydrogens is 584 g/mol. The molecule has 3 aliphatic rings. The summed E-state index contributed by atoms with van der Waals surface area (Å²) >= 11 is 0. The second-order valence-electron chi connectivity index (χ2n) is 11.5. The molecule has 242 valence electrons. The Morgan fingerprint density at radius 3 is 2.65 bits per heavy atom. The van der Waals surface area contributed by atoms with Crippen molar-refractivity contribution in [3.05, 3.63) is 73.0 Å².